The van der Waals surface area contributed by atoms with Gasteiger partial charge in [-0.2, -0.15) is 0 Å². The van der Waals surface area contributed by atoms with E-state index in [1.807, 2.05) is 25.9 Å². The van der Waals surface area contributed by atoms with Gasteiger partial charge >= 0.3 is 0 Å². The molecule has 0 radical (unpaired) electrons. The van der Waals surface area contributed by atoms with E-state index in [2.05, 4.69) is 4.98 Å². The van der Waals surface area contributed by atoms with Crippen molar-refractivity contribution in [3.05, 3.63) is 53.8 Å². The summed E-state index contributed by atoms with van der Waals surface area (Å²) in [7, 11) is 0.200. The molecule has 0 bridgehead atoms. The Hall–Kier alpha value is -2.36. The standard InChI is InChI=1S/C21H24FN3O3S2/c1-15-4-7-17(8-5-15)30(27,28)13-10-20(26)25(12-11-24(2)3)21-23-18-9-6-16(22)14-19(18)29-21/h4-9,14H,10-13H2,1-3H3. The Labute approximate surface area is 179 Å². The number of likely N-dealkylation sites (N-methyl/N-ethyl adjacent to an activating group) is 1. The van der Waals surface area contributed by atoms with Crippen LogP contribution in [0.4, 0.5) is 9.52 Å². The van der Waals surface area contributed by atoms with Gasteiger partial charge in [0, 0.05) is 19.5 Å². The highest BCUT2D eigenvalue weighted by molar-refractivity contribution is 7.91. The zero-order valence-electron chi connectivity index (χ0n) is 17.1. The summed E-state index contributed by atoms with van der Waals surface area (Å²) in [6, 6.07) is 10.9. The highest BCUT2D eigenvalue weighted by Gasteiger charge is 2.23. The van der Waals surface area contributed by atoms with Gasteiger partial charge in [-0.15, -0.1) is 0 Å². The highest BCUT2D eigenvalue weighted by atomic mass is 32.2. The molecule has 2 aromatic carbocycles. The highest BCUT2D eigenvalue weighted by Crippen LogP contribution is 2.30. The van der Waals surface area contributed by atoms with E-state index in [9.17, 15) is 17.6 Å². The van der Waals surface area contributed by atoms with Crippen LogP contribution < -0.4 is 4.90 Å². The molecule has 0 aliphatic carbocycles. The summed E-state index contributed by atoms with van der Waals surface area (Å²) in [5.74, 6) is -0.979. The van der Waals surface area contributed by atoms with E-state index in [1.54, 1.807) is 30.3 Å². The van der Waals surface area contributed by atoms with E-state index >= 15 is 0 Å². The predicted octanol–water partition coefficient (Wildman–Crippen LogP) is 3.50. The number of sulfone groups is 1. The van der Waals surface area contributed by atoms with E-state index in [-0.39, 0.29) is 28.8 Å². The molecule has 0 aliphatic heterocycles. The van der Waals surface area contributed by atoms with Crippen molar-refractivity contribution in [3.8, 4) is 0 Å². The molecule has 1 heterocycles. The van der Waals surface area contributed by atoms with Gasteiger partial charge in [0.25, 0.3) is 0 Å². The monoisotopic (exact) mass is 449 g/mol. The van der Waals surface area contributed by atoms with Crippen LogP contribution in [-0.2, 0) is 14.6 Å². The van der Waals surface area contributed by atoms with Crippen LogP contribution in [0, 0.1) is 12.7 Å². The Bertz CT molecular complexity index is 1140. The zero-order valence-corrected chi connectivity index (χ0v) is 18.8. The topological polar surface area (TPSA) is 70.6 Å². The zero-order chi connectivity index (χ0) is 21.9. The lowest BCUT2D eigenvalue weighted by Gasteiger charge is -2.22. The summed E-state index contributed by atoms with van der Waals surface area (Å²) >= 11 is 1.22. The number of fused-ring (bicyclic) bond motifs is 1. The van der Waals surface area contributed by atoms with Crippen LogP contribution >= 0.6 is 11.3 Å². The number of anilines is 1. The first-order chi connectivity index (χ1) is 14.2. The third-order valence-corrected chi connectivity index (χ3v) is 7.38. The smallest absolute Gasteiger partial charge is 0.229 e. The molecule has 30 heavy (non-hydrogen) atoms. The Morgan fingerprint density at radius 2 is 1.80 bits per heavy atom. The quantitative estimate of drug-likeness (QED) is 0.526. The first-order valence-corrected chi connectivity index (χ1v) is 11.9. The van der Waals surface area contributed by atoms with Crippen LogP contribution in [0.5, 0.6) is 0 Å². The molecule has 0 saturated carbocycles. The van der Waals surface area contributed by atoms with Gasteiger partial charge in [-0.25, -0.2) is 17.8 Å². The van der Waals surface area contributed by atoms with Crippen molar-refractivity contribution in [2.75, 3.05) is 37.8 Å². The summed E-state index contributed by atoms with van der Waals surface area (Å²) < 4.78 is 39.4. The van der Waals surface area contributed by atoms with Gasteiger partial charge in [0.05, 0.1) is 20.9 Å². The second-order valence-electron chi connectivity index (χ2n) is 7.34. The Balaban J connectivity index is 1.80. The third-order valence-electron chi connectivity index (χ3n) is 4.61. The maximum atomic E-state index is 13.5. The van der Waals surface area contributed by atoms with Gasteiger partial charge < -0.3 is 4.90 Å². The molecule has 0 atom stereocenters. The van der Waals surface area contributed by atoms with Crippen molar-refractivity contribution in [2.24, 2.45) is 0 Å². The van der Waals surface area contributed by atoms with Crippen LogP contribution in [0.2, 0.25) is 0 Å². The lowest BCUT2D eigenvalue weighted by atomic mass is 10.2. The molecule has 0 unspecified atom stereocenters. The van der Waals surface area contributed by atoms with Gasteiger partial charge in [0.15, 0.2) is 15.0 Å². The minimum atomic E-state index is -3.57. The number of halogens is 1. The fraction of sp³-hybridized carbons (Fsp3) is 0.333. The molecule has 3 aromatic rings. The average Bonchev–Trinajstić information content (AvgIpc) is 3.09. The number of nitrogens with zero attached hydrogens (tertiary/aromatic N) is 3. The van der Waals surface area contributed by atoms with E-state index in [0.717, 1.165) is 5.56 Å². The fourth-order valence-corrected chi connectivity index (χ4v) is 5.11. The van der Waals surface area contributed by atoms with Crippen LogP contribution in [0.15, 0.2) is 47.4 Å². The Morgan fingerprint density at radius 1 is 1.10 bits per heavy atom. The lowest BCUT2D eigenvalue weighted by Crippen LogP contribution is -2.37. The number of hydrogen-bond donors (Lipinski definition) is 0. The normalized spacial score (nSPS) is 11.9. The summed E-state index contributed by atoms with van der Waals surface area (Å²) in [5, 5.41) is 0.440. The maximum Gasteiger partial charge on any atom is 0.229 e. The minimum Gasteiger partial charge on any atom is -0.308 e. The van der Waals surface area contributed by atoms with Crippen molar-refractivity contribution < 1.29 is 17.6 Å². The van der Waals surface area contributed by atoms with Gasteiger partial charge in [-0.05, 0) is 51.4 Å². The number of thiazole rings is 1. The van der Waals surface area contributed by atoms with Gasteiger partial charge in [-0.1, -0.05) is 29.0 Å². The number of benzene rings is 2. The molecule has 0 aliphatic rings. The number of amides is 1. The second-order valence-corrected chi connectivity index (χ2v) is 10.5. The molecule has 3 rings (SSSR count). The van der Waals surface area contributed by atoms with E-state index in [1.165, 1.54) is 28.4 Å². The van der Waals surface area contributed by atoms with Crippen LogP contribution in [0.25, 0.3) is 10.2 Å². The molecule has 0 spiro atoms. The number of aromatic nitrogens is 1. The minimum absolute atomic E-state index is 0.159. The summed E-state index contributed by atoms with van der Waals surface area (Å²) in [5.41, 5.74) is 1.57. The van der Waals surface area contributed by atoms with Gasteiger partial charge in [-0.3, -0.25) is 9.69 Å². The predicted molar refractivity (Wildman–Crippen MR) is 118 cm³/mol. The molecular formula is C21H24FN3O3S2. The fourth-order valence-electron chi connectivity index (χ4n) is 2.85. The number of aryl methyl sites for hydroxylation is 1. The van der Waals surface area contributed by atoms with Crippen molar-refractivity contribution in [1.29, 1.82) is 0 Å². The number of carbonyl (C=O) groups excluding carboxylic acids is 1. The molecule has 9 heteroatoms. The number of hydrogen-bond acceptors (Lipinski definition) is 6. The van der Waals surface area contributed by atoms with E-state index in [4.69, 9.17) is 0 Å². The van der Waals surface area contributed by atoms with Crippen molar-refractivity contribution in [1.82, 2.24) is 9.88 Å². The molecule has 0 fully saturated rings. The molecule has 6 nitrogen and oxygen atoms in total. The Morgan fingerprint density at radius 3 is 2.47 bits per heavy atom. The number of carbonyl (C=O) groups is 1. The second kappa shape index (κ2) is 9.20. The molecular weight excluding hydrogens is 425 g/mol. The Kier molecular flexibility index (Phi) is 6.84. The van der Waals surface area contributed by atoms with Crippen molar-refractivity contribution in [2.45, 2.75) is 18.2 Å². The largest absolute Gasteiger partial charge is 0.308 e. The van der Waals surface area contributed by atoms with Crippen molar-refractivity contribution >= 4 is 42.4 Å². The number of rotatable bonds is 8. The summed E-state index contributed by atoms with van der Waals surface area (Å²) in [6.07, 6.45) is -0.159. The maximum absolute atomic E-state index is 13.5. The van der Waals surface area contributed by atoms with E-state index < -0.39 is 9.84 Å². The summed E-state index contributed by atoms with van der Waals surface area (Å²) in [6.45, 7) is 2.83. The molecule has 0 saturated heterocycles. The van der Waals surface area contributed by atoms with Gasteiger partial charge in [0.1, 0.15) is 5.82 Å². The molecule has 1 amide bonds. The third kappa shape index (κ3) is 5.41. The SMILES string of the molecule is Cc1ccc(S(=O)(=O)CCC(=O)N(CCN(C)C)c2nc3ccc(F)cc3s2)cc1. The first kappa shape index (κ1) is 22.3. The van der Waals surface area contributed by atoms with Gasteiger partial charge in [0.2, 0.25) is 5.91 Å². The van der Waals surface area contributed by atoms with E-state index in [0.29, 0.717) is 28.4 Å². The molecule has 0 N–H and O–H groups in total. The average molecular weight is 450 g/mol. The first-order valence-electron chi connectivity index (χ1n) is 9.46. The molecule has 1 aromatic heterocycles. The van der Waals surface area contributed by atoms with Crippen LogP contribution in [0.3, 0.4) is 0 Å². The van der Waals surface area contributed by atoms with Crippen LogP contribution in [0.1, 0.15) is 12.0 Å². The molecule has 160 valence electrons. The summed E-state index contributed by atoms with van der Waals surface area (Å²) in [4.78, 5) is 21.0. The van der Waals surface area contributed by atoms with Crippen molar-refractivity contribution in [3.63, 3.8) is 0 Å². The van der Waals surface area contributed by atoms with Crippen LogP contribution in [-0.4, -0.2) is 57.1 Å². The lowest BCUT2D eigenvalue weighted by molar-refractivity contribution is -0.118.